The first-order valence-corrected chi connectivity index (χ1v) is 7.30. The van der Waals surface area contributed by atoms with Gasteiger partial charge in [-0.1, -0.05) is 23.7 Å². The molecule has 0 saturated carbocycles. The molecule has 0 unspecified atom stereocenters. The average Bonchev–Trinajstić information content (AvgIpc) is 2.39. The fourth-order valence-electron chi connectivity index (χ4n) is 1.78. The van der Waals surface area contributed by atoms with Gasteiger partial charge >= 0.3 is 6.03 Å². The van der Waals surface area contributed by atoms with Gasteiger partial charge in [0.2, 0.25) is 5.91 Å². The van der Waals surface area contributed by atoms with E-state index in [4.69, 9.17) is 11.6 Å². The van der Waals surface area contributed by atoms with Gasteiger partial charge in [-0.3, -0.25) is 4.79 Å². The molecule has 1 aromatic rings. The molecule has 0 spiro atoms. The van der Waals surface area contributed by atoms with Crippen molar-refractivity contribution in [2.45, 2.75) is 33.4 Å². The van der Waals surface area contributed by atoms with Crippen LogP contribution in [0.2, 0.25) is 5.02 Å². The highest BCUT2D eigenvalue weighted by atomic mass is 35.5. The van der Waals surface area contributed by atoms with Crippen LogP contribution >= 0.6 is 11.6 Å². The van der Waals surface area contributed by atoms with Crippen molar-refractivity contribution in [3.8, 4) is 0 Å². The first-order chi connectivity index (χ1) is 9.88. The number of carbonyl (C=O) groups is 2. The monoisotopic (exact) mass is 311 g/mol. The molecule has 0 aromatic heterocycles. The van der Waals surface area contributed by atoms with Crippen LogP contribution < -0.4 is 10.6 Å². The molecule has 5 nitrogen and oxygen atoms in total. The maximum absolute atomic E-state index is 11.6. The minimum atomic E-state index is -0.222. The lowest BCUT2D eigenvalue weighted by molar-refractivity contribution is -0.129. The summed E-state index contributed by atoms with van der Waals surface area (Å²) in [5.74, 6) is -0.0315. The Bertz CT molecular complexity index is 474. The Kier molecular flexibility index (Phi) is 7.02. The lowest BCUT2D eigenvalue weighted by Crippen LogP contribution is -2.43. The highest BCUT2D eigenvalue weighted by Gasteiger charge is 2.10. The largest absolute Gasteiger partial charge is 0.337 e. The van der Waals surface area contributed by atoms with Gasteiger partial charge in [0.05, 0.1) is 0 Å². The Morgan fingerprint density at radius 2 is 1.86 bits per heavy atom. The Morgan fingerprint density at radius 1 is 1.24 bits per heavy atom. The summed E-state index contributed by atoms with van der Waals surface area (Å²) < 4.78 is 0. The minimum Gasteiger partial charge on any atom is -0.337 e. The Morgan fingerprint density at radius 3 is 2.38 bits per heavy atom. The molecule has 0 aliphatic carbocycles. The molecule has 2 N–H and O–H groups in total. The van der Waals surface area contributed by atoms with Crippen LogP contribution in [-0.2, 0) is 11.3 Å². The van der Waals surface area contributed by atoms with E-state index >= 15 is 0 Å². The van der Waals surface area contributed by atoms with Gasteiger partial charge in [-0.25, -0.2) is 4.79 Å². The Labute approximate surface area is 130 Å². The lowest BCUT2D eigenvalue weighted by Gasteiger charge is -2.21. The molecule has 6 heteroatoms. The fraction of sp³-hybridized carbons (Fsp3) is 0.467. The van der Waals surface area contributed by atoms with Crippen molar-refractivity contribution in [2.24, 2.45) is 0 Å². The fourth-order valence-corrected chi connectivity index (χ4v) is 1.90. The second kappa shape index (κ2) is 8.52. The molecule has 0 saturated heterocycles. The van der Waals surface area contributed by atoms with Crippen LogP contribution in [0, 0.1) is 0 Å². The predicted molar refractivity (Wildman–Crippen MR) is 84.2 cm³/mol. The third kappa shape index (κ3) is 6.99. The molecular weight excluding hydrogens is 290 g/mol. The van der Waals surface area contributed by atoms with E-state index in [1.807, 2.05) is 26.0 Å². The van der Waals surface area contributed by atoms with Gasteiger partial charge in [-0.2, -0.15) is 0 Å². The quantitative estimate of drug-likeness (QED) is 0.847. The number of nitrogens with zero attached hydrogens (tertiary/aromatic N) is 1. The second-order valence-electron chi connectivity index (χ2n) is 5.12. The second-order valence-corrected chi connectivity index (χ2v) is 5.56. The number of rotatable bonds is 6. The number of hydrogen-bond donors (Lipinski definition) is 2. The molecule has 0 aliphatic heterocycles. The summed E-state index contributed by atoms with van der Waals surface area (Å²) in [6.45, 7) is 6.67. The number of amides is 3. The number of carbonyl (C=O) groups excluding carboxylic acids is 2. The van der Waals surface area contributed by atoms with Crippen LogP contribution in [0.1, 0.15) is 26.3 Å². The highest BCUT2D eigenvalue weighted by molar-refractivity contribution is 6.30. The zero-order valence-corrected chi connectivity index (χ0v) is 13.4. The summed E-state index contributed by atoms with van der Waals surface area (Å²) >= 11 is 5.84. The smallest absolute Gasteiger partial charge is 0.315 e. The molecule has 1 rings (SSSR count). The van der Waals surface area contributed by atoms with E-state index in [2.05, 4.69) is 10.6 Å². The standard InChI is InChI=1S/C15H22ClN3O2/c1-11(2)18-15(21)17-8-9-19(12(3)20)10-13-4-6-14(16)7-5-13/h4-7,11H,8-10H2,1-3H3,(H2,17,18,21). The van der Waals surface area contributed by atoms with Crippen LogP contribution in [0.3, 0.4) is 0 Å². The number of nitrogens with one attached hydrogen (secondary N) is 2. The molecular formula is C15H22ClN3O2. The molecule has 0 fully saturated rings. The van der Waals surface area contributed by atoms with E-state index in [-0.39, 0.29) is 18.0 Å². The van der Waals surface area contributed by atoms with Crippen LogP contribution in [0.5, 0.6) is 0 Å². The molecule has 3 amide bonds. The van der Waals surface area contributed by atoms with Gasteiger partial charge in [-0.05, 0) is 31.5 Å². The topological polar surface area (TPSA) is 61.4 Å². The molecule has 0 radical (unpaired) electrons. The number of urea groups is 1. The Hall–Kier alpha value is -1.75. The van der Waals surface area contributed by atoms with Gasteiger partial charge in [-0.15, -0.1) is 0 Å². The van der Waals surface area contributed by atoms with E-state index in [9.17, 15) is 9.59 Å². The molecule has 0 aliphatic rings. The van der Waals surface area contributed by atoms with Gasteiger partial charge in [0.1, 0.15) is 0 Å². The van der Waals surface area contributed by atoms with Crippen LogP contribution in [0.4, 0.5) is 4.79 Å². The number of hydrogen-bond acceptors (Lipinski definition) is 2. The molecule has 0 atom stereocenters. The lowest BCUT2D eigenvalue weighted by atomic mass is 10.2. The van der Waals surface area contributed by atoms with Crippen molar-refractivity contribution in [1.29, 1.82) is 0 Å². The van der Waals surface area contributed by atoms with Gasteiger partial charge in [0.25, 0.3) is 0 Å². The maximum Gasteiger partial charge on any atom is 0.315 e. The van der Waals surface area contributed by atoms with E-state index in [0.717, 1.165) is 5.56 Å². The first kappa shape index (κ1) is 17.3. The van der Waals surface area contributed by atoms with Crippen molar-refractivity contribution >= 4 is 23.5 Å². The molecule has 0 bridgehead atoms. The van der Waals surface area contributed by atoms with Crippen molar-refractivity contribution < 1.29 is 9.59 Å². The first-order valence-electron chi connectivity index (χ1n) is 6.93. The molecule has 21 heavy (non-hydrogen) atoms. The summed E-state index contributed by atoms with van der Waals surface area (Å²) in [7, 11) is 0. The van der Waals surface area contributed by atoms with E-state index < -0.39 is 0 Å². The normalized spacial score (nSPS) is 10.3. The van der Waals surface area contributed by atoms with Crippen LogP contribution in [0.15, 0.2) is 24.3 Å². The zero-order valence-electron chi connectivity index (χ0n) is 12.6. The SMILES string of the molecule is CC(=O)N(CCNC(=O)NC(C)C)Cc1ccc(Cl)cc1. The van der Waals surface area contributed by atoms with Crippen LogP contribution in [0.25, 0.3) is 0 Å². The van der Waals surface area contributed by atoms with E-state index in [0.29, 0.717) is 24.7 Å². The summed E-state index contributed by atoms with van der Waals surface area (Å²) in [5.41, 5.74) is 1.00. The third-order valence-corrected chi connectivity index (χ3v) is 3.07. The van der Waals surface area contributed by atoms with Gasteiger partial charge in [0, 0.05) is 37.6 Å². The number of benzene rings is 1. The van der Waals surface area contributed by atoms with E-state index in [1.54, 1.807) is 17.0 Å². The average molecular weight is 312 g/mol. The van der Waals surface area contributed by atoms with Crippen molar-refractivity contribution in [1.82, 2.24) is 15.5 Å². The van der Waals surface area contributed by atoms with Gasteiger partial charge < -0.3 is 15.5 Å². The maximum atomic E-state index is 11.6. The van der Waals surface area contributed by atoms with E-state index in [1.165, 1.54) is 6.92 Å². The van der Waals surface area contributed by atoms with Crippen molar-refractivity contribution in [3.63, 3.8) is 0 Å². The molecule has 0 heterocycles. The highest BCUT2D eigenvalue weighted by Crippen LogP contribution is 2.11. The molecule has 116 valence electrons. The summed E-state index contributed by atoms with van der Waals surface area (Å²) in [6, 6.07) is 7.23. The summed E-state index contributed by atoms with van der Waals surface area (Å²) in [5, 5.41) is 6.13. The summed E-state index contributed by atoms with van der Waals surface area (Å²) in [6.07, 6.45) is 0. The third-order valence-electron chi connectivity index (χ3n) is 2.82. The van der Waals surface area contributed by atoms with Crippen molar-refractivity contribution in [2.75, 3.05) is 13.1 Å². The Balaban J connectivity index is 2.45. The molecule has 1 aromatic carbocycles. The predicted octanol–water partition coefficient (Wildman–Crippen LogP) is 2.40. The number of halogens is 1. The van der Waals surface area contributed by atoms with Gasteiger partial charge in [0.15, 0.2) is 0 Å². The minimum absolute atomic E-state index is 0.0315. The zero-order chi connectivity index (χ0) is 15.8. The summed E-state index contributed by atoms with van der Waals surface area (Å²) in [4.78, 5) is 24.8. The van der Waals surface area contributed by atoms with Crippen molar-refractivity contribution in [3.05, 3.63) is 34.9 Å². The van der Waals surface area contributed by atoms with Crippen LogP contribution in [-0.4, -0.2) is 36.0 Å².